The van der Waals surface area contributed by atoms with Crippen LogP contribution in [0, 0.1) is 5.92 Å². The minimum absolute atomic E-state index is 0.0239. The number of rotatable bonds is 4. The van der Waals surface area contributed by atoms with Crippen molar-refractivity contribution in [2.24, 2.45) is 5.92 Å². The van der Waals surface area contributed by atoms with Crippen molar-refractivity contribution in [3.63, 3.8) is 0 Å². The second-order valence-electron chi connectivity index (χ2n) is 9.10. The molecule has 0 saturated heterocycles. The molecule has 32 heavy (non-hydrogen) atoms. The first-order valence-corrected chi connectivity index (χ1v) is 12.3. The molecule has 5 heteroatoms. The number of benzene rings is 2. The molecule has 2 atom stereocenters. The first-order valence-electron chi connectivity index (χ1n) is 11.4. The largest absolute Gasteiger partial charge is 0.329 e. The highest BCUT2D eigenvalue weighted by Gasteiger charge is 2.46. The predicted octanol–water partition coefficient (Wildman–Crippen LogP) is 5.66. The summed E-state index contributed by atoms with van der Waals surface area (Å²) in [7, 11) is 0. The molecule has 3 heterocycles. The number of anilines is 1. The van der Waals surface area contributed by atoms with Crippen molar-refractivity contribution in [3.8, 4) is 0 Å². The fraction of sp³-hybridized carbons (Fsp3) is 0.333. The van der Waals surface area contributed by atoms with Gasteiger partial charge in [0, 0.05) is 29.2 Å². The van der Waals surface area contributed by atoms with Crippen LogP contribution in [0.2, 0.25) is 0 Å². The first kappa shape index (κ1) is 21.0. The van der Waals surface area contributed by atoms with Crippen molar-refractivity contribution in [3.05, 3.63) is 87.6 Å². The van der Waals surface area contributed by atoms with E-state index in [9.17, 15) is 9.59 Å². The van der Waals surface area contributed by atoms with Gasteiger partial charge in [-0.15, -0.1) is 11.3 Å². The molecule has 4 nitrogen and oxygen atoms in total. The highest BCUT2D eigenvalue weighted by atomic mass is 32.1. The van der Waals surface area contributed by atoms with E-state index in [1.807, 2.05) is 57.6 Å². The van der Waals surface area contributed by atoms with Gasteiger partial charge in [0.2, 0.25) is 5.91 Å². The van der Waals surface area contributed by atoms with Crippen LogP contribution in [0.1, 0.15) is 58.6 Å². The molecule has 2 amide bonds. The van der Waals surface area contributed by atoms with Gasteiger partial charge in [-0.1, -0.05) is 56.3 Å². The zero-order valence-corrected chi connectivity index (χ0v) is 19.3. The van der Waals surface area contributed by atoms with Gasteiger partial charge in [0.15, 0.2) is 0 Å². The van der Waals surface area contributed by atoms with Gasteiger partial charge in [0.1, 0.15) is 0 Å². The second kappa shape index (κ2) is 8.55. The van der Waals surface area contributed by atoms with Gasteiger partial charge >= 0.3 is 0 Å². The number of nitrogens with zero attached hydrogens (tertiary/aromatic N) is 2. The molecule has 0 radical (unpaired) electrons. The van der Waals surface area contributed by atoms with Crippen molar-refractivity contribution in [1.82, 2.24) is 4.90 Å². The molecule has 0 bridgehead atoms. The predicted molar refractivity (Wildman–Crippen MR) is 129 cm³/mol. The molecule has 0 saturated carbocycles. The SMILES string of the molecule is CC(C)CN1C(=O)c2ccccc2[C@H](C(=O)N2CCCc3ccccc32)[C@H]1c1cccs1. The number of fused-ring (bicyclic) bond motifs is 2. The lowest BCUT2D eigenvalue weighted by Crippen LogP contribution is -2.50. The van der Waals surface area contributed by atoms with Crippen molar-refractivity contribution in [2.75, 3.05) is 18.0 Å². The van der Waals surface area contributed by atoms with E-state index in [-0.39, 0.29) is 17.9 Å². The molecule has 0 spiro atoms. The Labute approximate surface area is 193 Å². The molecule has 0 N–H and O–H groups in total. The van der Waals surface area contributed by atoms with Crippen LogP contribution in [0.25, 0.3) is 0 Å². The number of aryl methyl sites for hydroxylation is 1. The number of hydrogen-bond donors (Lipinski definition) is 0. The monoisotopic (exact) mass is 444 g/mol. The quantitative estimate of drug-likeness (QED) is 0.521. The van der Waals surface area contributed by atoms with E-state index >= 15 is 0 Å². The normalized spacial score (nSPS) is 20.3. The van der Waals surface area contributed by atoms with Crippen LogP contribution >= 0.6 is 11.3 Å². The van der Waals surface area contributed by atoms with E-state index in [0.29, 0.717) is 24.6 Å². The van der Waals surface area contributed by atoms with Crippen LogP contribution in [-0.4, -0.2) is 29.8 Å². The zero-order chi connectivity index (χ0) is 22.2. The fourth-order valence-electron chi connectivity index (χ4n) is 5.16. The number of thiophene rings is 1. The van der Waals surface area contributed by atoms with Gasteiger partial charge in [0.25, 0.3) is 5.91 Å². The van der Waals surface area contributed by atoms with Crippen molar-refractivity contribution in [2.45, 2.75) is 38.6 Å². The van der Waals surface area contributed by atoms with Gasteiger partial charge in [-0.3, -0.25) is 9.59 Å². The number of carbonyl (C=O) groups is 2. The summed E-state index contributed by atoms with van der Waals surface area (Å²) < 4.78 is 0. The summed E-state index contributed by atoms with van der Waals surface area (Å²) in [4.78, 5) is 32.9. The Hall–Kier alpha value is -2.92. The van der Waals surface area contributed by atoms with E-state index in [0.717, 1.165) is 29.0 Å². The van der Waals surface area contributed by atoms with E-state index in [4.69, 9.17) is 0 Å². The maximum Gasteiger partial charge on any atom is 0.254 e. The van der Waals surface area contributed by atoms with Gasteiger partial charge in [-0.2, -0.15) is 0 Å². The van der Waals surface area contributed by atoms with Gasteiger partial charge in [-0.05, 0) is 53.5 Å². The van der Waals surface area contributed by atoms with Crippen LogP contribution in [0.15, 0.2) is 66.0 Å². The minimum Gasteiger partial charge on any atom is -0.329 e. The Morgan fingerprint density at radius 1 is 1.06 bits per heavy atom. The molecule has 5 rings (SSSR count). The molecular weight excluding hydrogens is 416 g/mol. The van der Waals surface area contributed by atoms with Crippen LogP contribution < -0.4 is 4.90 Å². The smallest absolute Gasteiger partial charge is 0.254 e. The number of hydrogen-bond acceptors (Lipinski definition) is 3. The molecule has 0 unspecified atom stereocenters. The molecule has 2 aliphatic heterocycles. The zero-order valence-electron chi connectivity index (χ0n) is 18.5. The third kappa shape index (κ3) is 3.55. The molecule has 164 valence electrons. The summed E-state index contributed by atoms with van der Waals surface area (Å²) in [6, 6.07) is 19.7. The van der Waals surface area contributed by atoms with Gasteiger partial charge in [-0.25, -0.2) is 0 Å². The van der Waals surface area contributed by atoms with Crippen LogP contribution in [-0.2, 0) is 11.2 Å². The molecule has 3 aromatic rings. The number of para-hydroxylation sites is 1. The third-order valence-electron chi connectivity index (χ3n) is 6.48. The standard InChI is InChI=1S/C27H28N2O2S/c1-18(2)17-29-25(23-14-8-16-32-23)24(20-11-4-5-12-21(20)26(29)30)27(31)28-15-7-10-19-9-3-6-13-22(19)28/h3-6,8-9,11-14,16,18,24-25H,7,10,15,17H2,1-2H3/t24-,25+/m0/s1. The molecule has 0 fully saturated rings. The van der Waals surface area contributed by atoms with Crippen molar-refractivity contribution in [1.29, 1.82) is 0 Å². The minimum atomic E-state index is -0.424. The summed E-state index contributed by atoms with van der Waals surface area (Å²) in [6.45, 7) is 5.58. The third-order valence-corrected chi connectivity index (χ3v) is 7.42. The molecule has 0 aliphatic carbocycles. The van der Waals surface area contributed by atoms with Gasteiger partial charge < -0.3 is 9.80 Å². The van der Waals surface area contributed by atoms with Gasteiger partial charge in [0.05, 0.1) is 12.0 Å². The highest BCUT2D eigenvalue weighted by Crippen LogP contribution is 2.46. The topological polar surface area (TPSA) is 40.6 Å². The maximum absolute atomic E-state index is 14.3. The van der Waals surface area contributed by atoms with E-state index in [2.05, 4.69) is 32.0 Å². The molecular formula is C27H28N2O2S. The summed E-state index contributed by atoms with van der Waals surface area (Å²) in [5.74, 6) is -0.00866. The summed E-state index contributed by atoms with van der Waals surface area (Å²) in [5, 5.41) is 2.03. The molecule has 2 aromatic carbocycles. The Morgan fingerprint density at radius 3 is 2.62 bits per heavy atom. The second-order valence-corrected chi connectivity index (χ2v) is 10.1. The van der Waals surface area contributed by atoms with E-state index in [1.54, 1.807) is 11.3 Å². The van der Waals surface area contributed by atoms with E-state index in [1.165, 1.54) is 5.56 Å². The highest BCUT2D eigenvalue weighted by molar-refractivity contribution is 7.10. The lowest BCUT2D eigenvalue weighted by Gasteiger charge is -2.44. The number of amides is 2. The van der Waals surface area contributed by atoms with Crippen molar-refractivity contribution < 1.29 is 9.59 Å². The van der Waals surface area contributed by atoms with E-state index < -0.39 is 5.92 Å². The average molecular weight is 445 g/mol. The van der Waals surface area contributed by atoms with Crippen LogP contribution in [0.3, 0.4) is 0 Å². The fourth-order valence-corrected chi connectivity index (χ4v) is 6.03. The summed E-state index contributed by atoms with van der Waals surface area (Å²) >= 11 is 1.63. The van der Waals surface area contributed by atoms with Crippen molar-refractivity contribution >= 4 is 28.8 Å². The first-order chi connectivity index (χ1) is 15.6. The Kier molecular flexibility index (Phi) is 5.60. The molecule has 1 aromatic heterocycles. The molecule has 2 aliphatic rings. The summed E-state index contributed by atoms with van der Waals surface area (Å²) in [5.41, 5.74) is 3.74. The summed E-state index contributed by atoms with van der Waals surface area (Å²) in [6.07, 6.45) is 1.95. The van der Waals surface area contributed by atoms with Crippen LogP contribution in [0.5, 0.6) is 0 Å². The van der Waals surface area contributed by atoms with Crippen LogP contribution in [0.4, 0.5) is 5.69 Å². The lowest BCUT2D eigenvalue weighted by molar-refractivity contribution is -0.121. The Morgan fingerprint density at radius 2 is 1.84 bits per heavy atom. The number of carbonyl (C=O) groups excluding carboxylic acids is 2. The maximum atomic E-state index is 14.3. The Bertz CT molecular complexity index is 1140. The average Bonchev–Trinajstić information content (AvgIpc) is 3.34. The Balaban J connectivity index is 1.66. The lowest BCUT2D eigenvalue weighted by atomic mass is 9.80.